The molecule has 2 unspecified atom stereocenters. The first-order chi connectivity index (χ1) is 17.7. The van der Waals surface area contributed by atoms with Crippen molar-refractivity contribution in [2.45, 2.75) is 79.2 Å². The van der Waals surface area contributed by atoms with Gasteiger partial charge in [0.25, 0.3) is 0 Å². The predicted octanol–water partition coefficient (Wildman–Crippen LogP) is 8.57. The second-order valence-electron chi connectivity index (χ2n) is 13.6. The first kappa shape index (κ1) is 28.1. The fourth-order valence-corrected chi connectivity index (χ4v) is 5.53. The minimum Gasteiger partial charge on any atom is -0.426 e. The zero-order valence-corrected chi connectivity index (χ0v) is 24.6. The number of hydrogen-bond acceptors (Lipinski definition) is 3. The maximum atomic E-state index is 13.8. The first-order valence-electron chi connectivity index (χ1n) is 13.8. The van der Waals surface area contributed by atoms with Crippen molar-refractivity contribution in [2.75, 3.05) is 6.61 Å². The van der Waals surface area contributed by atoms with Gasteiger partial charge in [0.2, 0.25) is 0 Å². The molecule has 0 N–H and O–H groups in total. The molecule has 1 aliphatic rings. The smallest absolute Gasteiger partial charge is 0.315 e. The highest BCUT2D eigenvalue weighted by Crippen LogP contribution is 2.59. The van der Waals surface area contributed by atoms with Crippen molar-refractivity contribution >= 4 is 5.97 Å². The first-order valence-corrected chi connectivity index (χ1v) is 13.8. The predicted molar refractivity (Wildman–Crippen MR) is 156 cm³/mol. The summed E-state index contributed by atoms with van der Waals surface area (Å²) < 4.78 is 12.9. The standard InChI is InChI=1S/C35H44O3/c1-23-20-26(33(2,3)4)31(27(21-23)34(5,6)7)38-32(36)29-28(35(29,8)9)22-37-30(24-16-12-10-13-17-24)25-18-14-11-15-19-25/h10-21,28-30H,22H2,1-9H3. The lowest BCUT2D eigenvalue weighted by molar-refractivity contribution is -0.137. The van der Waals surface area contributed by atoms with Crippen molar-refractivity contribution in [1.29, 1.82) is 0 Å². The summed E-state index contributed by atoms with van der Waals surface area (Å²) in [7, 11) is 0. The minimum atomic E-state index is -0.211. The highest BCUT2D eigenvalue weighted by atomic mass is 16.5. The lowest BCUT2D eigenvalue weighted by Crippen LogP contribution is -2.24. The van der Waals surface area contributed by atoms with Crippen LogP contribution in [-0.4, -0.2) is 12.6 Å². The van der Waals surface area contributed by atoms with Crippen LogP contribution in [0.15, 0.2) is 72.8 Å². The number of carbonyl (C=O) groups is 1. The Kier molecular flexibility index (Phi) is 7.65. The third-order valence-electron chi connectivity index (χ3n) is 8.00. The van der Waals surface area contributed by atoms with Crippen LogP contribution in [0.3, 0.4) is 0 Å². The number of benzene rings is 3. The van der Waals surface area contributed by atoms with E-state index in [1.165, 1.54) is 5.56 Å². The number of aryl methyl sites for hydroxylation is 1. The summed E-state index contributed by atoms with van der Waals surface area (Å²) in [6.07, 6.45) is -0.178. The van der Waals surface area contributed by atoms with Gasteiger partial charge in [-0.05, 0) is 34.3 Å². The molecule has 3 aromatic carbocycles. The van der Waals surface area contributed by atoms with Crippen molar-refractivity contribution in [1.82, 2.24) is 0 Å². The molecule has 0 amide bonds. The lowest BCUT2D eigenvalue weighted by atomic mass is 9.78. The molecule has 0 aliphatic heterocycles. The summed E-state index contributed by atoms with van der Waals surface area (Å²) in [5.74, 6) is 0.456. The van der Waals surface area contributed by atoms with Gasteiger partial charge in [-0.25, -0.2) is 0 Å². The zero-order valence-electron chi connectivity index (χ0n) is 24.6. The van der Waals surface area contributed by atoms with Gasteiger partial charge in [-0.3, -0.25) is 4.79 Å². The Balaban J connectivity index is 1.57. The summed E-state index contributed by atoms with van der Waals surface area (Å²) in [6, 6.07) is 24.9. The van der Waals surface area contributed by atoms with Gasteiger partial charge in [-0.1, -0.05) is 134 Å². The Labute approximate surface area is 229 Å². The van der Waals surface area contributed by atoms with Gasteiger partial charge >= 0.3 is 5.97 Å². The Morgan fingerprint density at radius 2 is 1.26 bits per heavy atom. The van der Waals surface area contributed by atoms with Crippen LogP contribution in [0.25, 0.3) is 0 Å². The summed E-state index contributed by atoms with van der Waals surface area (Å²) >= 11 is 0. The van der Waals surface area contributed by atoms with Crippen LogP contribution in [-0.2, 0) is 20.4 Å². The molecular formula is C35H44O3. The van der Waals surface area contributed by atoms with E-state index in [0.717, 1.165) is 28.0 Å². The molecule has 0 spiro atoms. The molecule has 38 heavy (non-hydrogen) atoms. The Hall–Kier alpha value is -2.91. The molecule has 0 aromatic heterocycles. The molecule has 0 saturated heterocycles. The van der Waals surface area contributed by atoms with Crippen LogP contribution in [0, 0.1) is 24.2 Å². The molecule has 0 bridgehead atoms. The van der Waals surface area contributed by atoms with Crippen LogP contribution in [0.1, 0.15) is 89.3 Å². The van der Waals surface area contributed by atoms with E-state index in [1.54, 1.807) is 0 Å². The number of rotatable bonds is 7. The van der Waals surface area contributed by atoms with E-state index in [9.17, 15) is 4.79 Å². The van der Waals surface area contributed by atoms with Crippen molar-refractivity contribution in [3.05, 3.63) is 101 Å². The third-order valence-corrected chi connectivity index (χ3v) is 8.00. The maximum Gasteiger partial charge on any atom is 0.315 e. The average molecular weight is 513 g/mol. The molecule has 2 atom stereocenters. The molecule has 1 fully saturated rings. The van der Waals surface area contributed by atoms with E-state index in [2.05, 4.69) is 98.7 Å². The van der Waals surface area contributed by atoms with Gasteiger partial charge in [-0.15, -0.1) is 0 Å². The topological polar surface area (TPSA) is 35.5 Å². The van der Waals surface area contributed by atoms with Crippen molar-refractivity contribution in [2.24, 2.45) is 17.3 Å². The van der Waals surface area contributed by atoms with Crippen LogP contribution in [0.4, 0.5) is 0 Å². The van der Waals surface area contributed by atoms with Crippen LogP contribution in [0.2, 0.25) is 0 Å². The molecule has 202 valence electrons. The zero-order chi connectivity index (χ0) is 27.9. The van der Waals surface area contributed by atoms with Crippen molar-refractivity contribution in [3.63, 3.8) is 0 Å². The van der Waals surface area contributed by atoms with Crippen LogP contribution in [0.5, 0.6) is 5.75 Å². The lowest BCUT2D eigenvalue weighted by Gasteiger charge is -2.30. The molecule has 4 rings (SSSR count). The molecule has 0 radical (unpaired) electrons. The number of esters is 1. The van der Waals surface area contributed by atoms with Crippen molar-refractivity contribution < 1.29 is 14.3 Å². The van der Waals surface area contributed by atoms with Gasteiger partial charge in [0.1, 0.15) is 11.9 Å². The normalized spacial score (nSPS) is 18.9. The van der Waals surface area contributed by atoms with Gasteiger partial charge in [0.15, 0.2) is 0 Å². The van der Waals surface area contributed by atoms with E-state index < -0.39 is 0 Å². The largest absolute Gasteiger partial charge is 0.426 e. The Morgan fingerprint density at radius 1 is 0.816 bits per heavy atom. The van der Waals surface area contributed by atoms with E-state index in [1.807, 2.05) is 36.4 Å². The van der Waals surface area contributed by atoms with Crippen LogP contribution < -0.4 is 4.74 Å². The van der Waals surface area contributed by atoms with Gasteiger partial charge in [0, 0.05) is 17.0 Å². The quantitative estimate of drug-likeness (QED) is 0.235. The van der Waals surface area contributed by atoms with E-state index in [-0.39, 0.29) is 40.2 Å². The monoisotopic (exact) mass is 512 g/mol. The summed E-state index contributed by atoms with van der Waals surface area (Å²) in [5, 5.41) is 0. The molecule has 3 aromatic rings. The molecule has 1 saturated carbocycles. The van der Waals surface area contributed by atoms with E-state index in [4.69, 9.17) is 9.47 Å². The SMILES string of the molecule is Cc1cc(C(C)(C)C)c(OC(=O)C2C(COC(c3ccccc3)c3ccccc3)C2(C)C)c(C(C)(C)C)c1. The number of ether oxygens (including phenoxy) is 2. The fraction of sp³-hybridized carbons (Fsp3) is 0.457. The highest BCUT2D eigenvalue weighted by molar-refractivity contribution is 5.81. The number of hydrogen-bond donors (Lipinski definition) is 0. The van der Waals surface area contributed by atoms with Gasteiger partial charge in [0.05, 0.1) is 12.5 Å². The molecule has 1 aliphatic carbocycles. The van der Waals surface area contributed by atoms with E-state index in [0.29, 0.717) is 6.61 Å². The average Bonchev–Trinajstić information content (AvgIpc) is 3.40. The molecule has 3 heteroatoms. The number of carbonyl (C=O) groups excluding carboxylic acids is 1. The maximum absolute atomic E-state index is 13.8. The second kappa shape index (κ2) is 10.3. The minimum absolute atomic E-state index is 0.0894. The fourth-order valence-electron chi connectivity index (χ4n) is 5.53. The Morgan fingerprint density at radius 3 is 1.68 bits per heavy atom. The highest BCUT2D eigenvalue weighted by Gasteiger charge is 2.63. The van der Waals surface area contributed by atoms with Gasteiger partial charge < -0.3 is 9.47 Å². The van der Waals surface area contributed by atoms with Crippen LogP contribution >= 0.6 is 0 Å². The summed E-state index contributed by atoms with van der Waals surface area (Å²) in [6.45, 7) is 20.0. The molecule has 0 heterocycles. The van der Waals surface area contributed by atoms with Gasteiger partial charge in [-0.2, -0.15) is 0 Å². The van der Waals surface area contributed by atoms with E-state index >= 15 is 0 Å². The Bertz CT molecular complexity index is 1190. The van der Waals surface area contributed by atoms with Crippen molar-refractivity contribution in [3.8, 4) is 5.75 Å². The molecular weight excluding hydrogens is 468 g/mol. The second-order valence-corrected chi connectivity index (χ2v) is 13.6. The summed E-state index contributed by atoms with van der Waals surface area (Å²) in [5.41, 5.74) is 5.07. The summed E-state index contributed by atoms with van der Waals surface area (Å²) in [4.78, 5) is 13.8. The third kappa shape index (κ3) is 5.89. The molecule has 3 nitrogen and oxygen atoms in total.